The summed E-state index contributed by atoms with van der Waals surface area (Å²) in [4.78, 5) is 23.2. The summed E-state index contributed by atoms with van der Waals surface area (Å²) < 4.78 is 0. The number of hydrogen-bond donors (Lipinski definition) is 2. The molecule has 0 spiro atoms. The van der Waals surface area contributed by atoms with Crippen LogP contribution in [0.2, 0.25) is 0 Å². The van der Waals surface area contributed by atoms with E-state index in [0.29, 0.717) is 23.7 Å². The molecular weight excluding hydrogens is 244 g/mol. The van der Waals surface area contributed by atoms with Crippen molar-refractivity contribution < 1.29 is 19.8 Å². The van der Waals surface area contributed by atoms with Crippen molar-refractivity contribution in [3.8, 4) is 0 Å². The van der Waals surface area contributed by atoms with E-state index in [2.05, 4.69) is 0 Å². The first-order chi connectivity index (χ1) is 9.09. The van der Waals surface area contributed by atoms with Crippen LogP contribution in [0.4, 0.5) is 0 Å². The number of aliphatic carboxylic acids is 2. The summed E-state index contributed by atoms with van der Waals surface area (Å²) >= 11 is 0. The van der Waals surface area contributed by atoms with Gasteiger partial charge in [-0.3, -0.25) is 9.59 Å². The van der Waals surface area contributed by atoms with Crippen LogP contribution in [0.3, 0.4) is 0 Å². The van der Waals surface area contributed by atoms with Crippen molar-refractivity contribution in [2.24, 2.45) is 47.3 Å². The van der Waals surface area contributed by atoms with Crippen molar-refractivity contribution in [1.82, 2.24) is 0 Å². The molecule has 0 amide bonds. The second kappa shape index (κ2) is 3.74. The molecule has 5 saturated carbocycles. The van der Waals surface area contributed by atoms with Gasteiger partial charge >= 0.3 is 11.9 Å². The van der Waals surface area contributed by atoms with Crippen molar-refractivity contribution >= 4 is 11.9 Å². The van der Waals surface area contributed by atoms with Crippen LogP contribution in [-0.2, 0) is 9.59 Å². The lowest BCUT2D eigenvalue weighted by atomic mass is 9.47. The van der Waals surface area contributed by atoms with Gasteiger partial charge in [-0.2, -0.15) is 0 Å². The lowest BCUT2D eigenvalue weighted by molar-refractivity contribution is -0.179. The van der Waals surface area contributed by atoms with Gasteiger partial charge in [0.2, 0.25) is 0 Å². The summed E-state index contributed by atoms with van der Waals surface area (Å²) in [7, 11) is 0. The second-order valence-electron chi connectivity index (χ2n) is 7.12. The molecule has 4 bridgehead atoms. The first-order valence-corrected chi connectivity index (χ1v) is 7.55. The zero-order valence-electron chi connectivity index (χ0n) is 10.9. The molecule has 0 aromatic heterocycles. The normalized spacial score (nSPS) is 54.1. The zero-order valence-corrected chi connectivity index (χ0v) is 10.9. The molecular formula is C15H20O4. The maximum Gasteiger partial charge on any atom is 0.307 e. The number of carboxylic acids is 2. The average molecular weight is 264 g/mol. The molecule has 0 radical (unpaired) electrons. The van der Waals surface area contributed by atoms with Crippen LogP contribution in [0.1, 0.15) is 32.1 Å². The zero-order chi connectivity index (χ0) is 13.3. The Morgan fingerprint density at radius 2 is 1.16 bits per heavy atom. The lowest BCUT2D eigenvalue weighted by Gasteiger charge is -2.56. The maximum absolute atomic E-state index is 11.6. The van der Waals surface area contributed by atoms with Gasteiger partial charge in [0.25, 0.3) is 0 Å². The molecule has 5 aliphatic rings. The molecule has 5 fully saturated rings. The first kappa shape index (κ1) is 11.7. The van der Waals surface area contributed by atoms with Gasteiger partial charge in [0.15, 0.2) is 0 Å². The standard InChI is InChI=1S/C15H20O4/c16-14(17)12-8-3-4-9(13(12)15(18)19)11-7-2-1-6(5-7)10(8)11/h6-13H,1-5H2,(H,16,17)(H,18,19). The van der Waals surface area contributed by atoms with E-state index in [1.54, 1.807) is 0 Å². The minimum absolute atomic E-state index is 0.129. The van der Waals surface area contributed by atoms with E-state index in [0.717, 1.165) is 12.8 Å². The average Bonchev–Trinajstić information content (AvgIpc) is 3.00. The fourth-order valence-electron chi connectivity index (χ4n) is 6.46. The number of rotatable bonds is 2. The molecule has 5 aliphatic carbocycles. The molecule has 5 rings (SSSR count). The van der Waals surface area contributed by atoms with Gasteiger partial charge < -0.3 is 10.2 Å². The van der Waals surface area contributed by atoms with E-state index >= 15 is 0 Å². The molecule has 0 aliphatic heterocycles. The lowest BCUT2D eigenvalue weighted by Crippen LogP contribution is -2.57. The SMILES string of the molecule is O=C(O)C1C2CCC(C1C(=O)O)C1C3CCC(C3)C21. The van der Waals surface area contributed by atoms with E-state index in [1.807, 2.05) is 0 Å². The molecule has 2 N–H and O–H groups in total. The van der Waals surface area contributed by atoms with Crippen LogP contribution in [0.25, 0.3) is 0 Å². The summed E-state index contributed by atoms with van der Waals surface area (Å²) in [5.74, 6) is -0.310. The van der Waals surface area contributed by atoms with Crippen molar-refractivity contribution in [2.45, 2.75) is 32.1 Å². The van der Waals surface area contributed by atoms with Crippen LogP contribution in [0.5, 0.6) is 0 Å². The van der Waals surface area contributed by atoms with Gasteiger partial charge in [0.1, 0.15) is 0 Å². The third-order valence-corrected chi connectivity index (χ3v) is 6.75. The molecule has 0 aromatic carbocycles. The molecule has 0 saturated heterocycles. The first-order valence-electron chi connectivity index (χ1n) is 7.55. The summed E-state index contributed by atoms with van der Waals surface area (Å²) in [5, 5.41) is 19.0. The van der Waals surface area contributed by atoms with Gasteiger partial charge in [0.05, 0.1) is 11.8 Å². The predicted octanol–water partition coefficient (Wildman–Crippen LogP) is 2.09. The van der Waals surface area contributed by atoms with E-state index in [4.69, 9.17) is 0 Å². The Hall–Kier alpha value is -1.06. The number of fused-ring (bicyclic) bond motifs is 4. The molecule has 4 heteroatoms. The summed E-state index contributed by atoms with van der Waals surface area (Å²) in [6.07, 6.45) is 5.62. The molecule has 0 aromatic rings. The Bertz CT molecular complexity index is 405. The topological polar surface area (TPSA) is 74.6 Å². The Labute approximate surface area is 112 Å². The number of carboxylic acid groups (broad SMARTS) is 2. The van der Waals surface area contributed by atoms with E-state index < -0.39 is 23.8 Å². The monoisotopic (exact) mass is 264 g/mol. The Morgan fingerprint density at radius 1 is 0.737 bits per heavy atom. The van der Waals surface area contributed by atoms with Crippen LogP contribution in [0, 0.1) is 47.3 Å². The minimum atomic E-state index is -0.872. The maximum atomic E-state index is 11.6. The van der Waals surface area contributed by atoms with Gasteiger partial charge in [-0.25, -0.2) is 0 Å². The predicted molar refractivity (Wildman–Crippen MR) is 66.3 cm³/mol. The second-order valence-corrected chi connectivity index (χ2v) is 7.12. The van der Waals surface area contributed by atoms with Crippen molar-refractivity contribution in [2.75, 3.05) is 0 Å². The molecule has 0 heterocycles. The van der Waals surface area contributed by atoms with Gasteiger partial charge in [-0.1, -0.05) is 0 Å². The van der Waals surface area contributed by atoms with E-state index in [-0.39, 0.29) is 11.8 Å². The fourth-order valence-corrected chi connectivity index (χ4v) is 6.46. The molecule has 4 nitrogen and oxygen atoms in total. The number of carbonyl (C=O) groups is 2. The van der Waals surface area contributed by atoms with Crippen molar-refractivity contribution in [3.63, 3.8) is 0 Å². The van der Waals surface area contributed by atoms with Crippen molar-refractivity contribution in [1.29, 1.82) is 0 Å². The summed E-state index contributed by atoms with van der Waals surface area (Å²) in [6, 6.07) is 0. The highest BCUT2D eigenvalue weighted by molar-refractivity contribution is 5.81. The highest BCUT2D eigenvalue weighted by Gasteiger charge is 2.65. The molecule has 8 unspecified atom stereocenters. The fraction of sp³-hybridized carbons (Fsp3) is 0.867. The minimum Gasteiger partial charge on any atom is -0.481 e. The van der Waals surface area contributed by atoms with Crippen LogP contribution >= 0.6 is 0 Å². The Balaban J connectivity index is 1.77. The van der Waals surface area contributed by atoms with Gasteiger partial charge in [-0.05, 0) is 67.6 Å². The molecule has 19 heavy (non-hydrogen) atoms. The smallest absolute Gasteiger partial charge is 0.307 e. The van der Waals surface area contributed by atoms with Crippen LogP contribution < -0.4 is 0 Å². The van der Waals surface area contributed by atoms with Gasteiger partial charge in [0, 0.05) is 0 Å². The van der Waals surface area contributed by atoms with Crippen LogP contribution in [-0.4, -0.2) is 22.2 Å². The highest BCUT2D eigenvalue weighted by Crippen LogP contribution is 2.67. The largest absolute Gasteiger partial charge is 0.481 e. The summed E-state index contributed by atoms with van der Waals surface area (Å²) in [6.45, 7) is 0. The Morgan fingerprint density at radius 3 is 1.53 bits per heavy atom. The van der Waals surface area contributed by atoms with Gasteiger partial charge in [-0.15, -0.1) is 0 Å². The Kier molecular flexibility index (Phi) is 2.31. The quantitative estimate of drug-likeness (QED) is 0.801. The molecule has 104 valence electrons. The van der Waals surface area contributed by atoms with E-state index in [1.165, 1.54) is 19.3 Å². The highest BCUT2D eigenvalue weighted by atomic mass is 16.4. The summed E-state index contributed by atoms with van der Waals surface area (Å²) in [5.41, 5.74) is 0. The van der Waals surface area contributed by atoms with Crippen molar-refractivity contribution in [3.05, 3.63) is 0 Å². The van der Waals surface area contributed by atoms with Crippen LogP contribution in [0.15, 0.2) is 0 Å². The molecule has 8 atom stereocenters. The van der Waals surface area contributed by atoms with E-state index in [9.17, 15) is 19.8 Å². The third kappa shape index (κ3) is 1.35. The number of hydrogen-bond acceptors (Lipinski definition) is 2. The third-order valence-electron chi connectivity index (χ3n) is 6.75.